The lowest BCUT2D eigenvalue weighted by atomic mass is 10.5. The molecule has 0 bridgehead atoms. The van der Waals surface area contributed by atoms with Gasteiger partial charge in [0, 0.05) is 32.4 Å². The molecular formula is C9H13N7. The molecule has 0 amide bonds. The van der Waals surface area contributed by atoms with Crippen molar-refractivity contribution >= 4 is 23.4 Å². The number of nitrogens with one attached hydrogen (secondary N) is 2. The Morgan fingerprint density at radius 2 is 2.00 bits per heavy atom. The fraction of sp³-hybridized carbons (Fsp3) is 0.222. The Morgan fingerprint density at radius 1 is 1.25 bits per heavy atom. The van der Waals surface area contributed by atoms with E-state index in [1.54, 1.807) is 17.8 Å². The summed E-state index contributed by atoms with van der Waals surface area (Å²) in [7, 11) is 3.62. The maximum absolute atomic E-state index is 5.57. The highest BCUT2D eigenvalue weighted by Crippen LogP contribution is 2.15. The molecule has 4 N–H and O–H groups in total. The standard InChI is InChI=1S/C9H13N7/c1-11-7-5-8(14-9(10)13-7)12-6-3-4-16(2)15-6/h3-5H,1-2H3,(H4,10,11,12,13,14,15). The summed E-state index contributed by atoms with van der Waals surface area (Å²) >= 11 is 0. The van der Waals surface area contributed by atoms with Crippen LogP contribution in [0.1, 0.15) is 0 Å². The first-order valence-electron chi connectivity index (χ1n) is 4.76. The van der Waals surface area contributed by atoms with E-state index in [9.17, 15) is 0 Å². The Hall–Kier alpha value is -2.31. The van der Waals surface area contributed by atoms with E-state index >= 15 is 0 Å². The van der Waals surface area contributed by atoms with Gasteiger partial charge in [-0.15, -0.1) is 0 Å². The molecule has 2 aromatic heterocycles. The molecule has 0 fully saturated rings. The van der Waals surface area contributed by atoms with Gasteiger partial charge in [-0.1, -0.05) is 0 Å². The van der Waals surface area contributed by atoms with Gasteiger partial charge in [-0.2, -0.15) is 15.1 Å². The second-order valence-electron chi connectivity index (χ2n) is 3.25. The Labute approximate surface area is 92.7 Å². The van der Waals surface area contributed by atoms with Crippen LogP contribution in [0.25, 0.3) is 0 Å². The van der Waals surface area contributed by atoms with Crippen LogP contribution in [0.15, 0.2) is 18.3 Å². The molecule has 0 aliphatic heterocycles. The van der Waals surface area contributed by atoms with Gasteiger partial charge in [0.1, 0.15) is 11.6 Å². The average Bonchev–Trinajstić information content (AvgIpc) is 2.63. The zero-order valence-electron chi connectivity index (χ0n) is 9.10. The van der Waals surface area contributed by atoms with Crippen LogP contribution in [0.3, 0.4) is 0 Å². The van der Waals surface area contributed by atoms with Gasteiger partial charge in [0.05, 0.1) is 0 Å². The number of nitrogen functional groups attached to an aromatic ring is 1. The SMILES string of the molecule is CNc1cc(Nc2ccn(C)n2)nc(N)n1. The molecule has 0 saturated heterocycles. The van der Waals surface area contributed by atoms with E-state index in [0.29, 0.717) is 17.5 Å². The summed E-state index contributed by atoms with van der Waals surface area (Å²) < 4.78 is 1.70. The molecule has 2 heterocycles. The number of anilines is 4. The van der Waals surface area contributed by atoms with Crippen molar-refractivity contribution in [1.82, 2.24) is 19.7 Å². The highest BCUT2D eigenvalue weighted by Gasteiger charge is 2.02. The molecule has 84 valence electrons. The molecule has 0 spiro atoms. The molecule has 7 nitrogen and oxygen atoms in total. The third-order valence-corrected chi connectivity index (χ3v) is 1.97. The number of hydrogen-bond donors (Lipinski definition) is 3. The second-order valence-corrected chi connectivity index (χ2v) is 3.25. The smallest absolute Gasteiger partial charge is 0.223 e. The van der Waals surface area contributed by atoms with Crippen LogP contribution in [0.5, 0.6) is 0 Å². The Morgan fingerprint density at radius 3 is 2.62 bits per heavy atom. The van der Waals surface area contributed by atoms with E-state index in [-0.39, 0.29) is 5.95 Å². The largest absolute Gasteiger partial charge is 0.373 e. The summed E-state index contributed by atoms with van der Waals surface area (Å²) in [6.07, 6.45) is 1.84. The van der Waals surface area contributed by atoms with Gasteiger partial charge < -0.3 is 16.4 Å². The number of nitrogens with two attached hydrogens (primary N) is 1. The van der Waals surface area contributed by atoms with Crippen LogP contribution in [-0.4, -0.2) is 26.8 Å². The molecule has 0 atom stereocenters. The van der Waals surface area contributed by atoms with Crippen molar-refractivity contribution in [2.24, 2.45) is 7.05 Å². The molecule has 0 radical (unpaired) electrons. The predicted molar refractivity (Wildman–Crippen MR) is 62.5 cm³/mol. The number of nitrogens with zero attached hydrogens (tertiary/aromatic N) is 4. The minimum absolute atomic E-state index is 0.213. The van der Waals surface area contributed by atoms with Crippen molar-refractivity contribution in [1.29, 1.82) is 0 Å². The molecule has 0 aliphatic rings. The molecule has 16 heavy (non-hydrogen) atoms. The van der Waals surface area contributed by atoms with Gasteiger partial charge in [0.2, 0.25) is 5.95 Å². The second kappa shape index (κ2) is 4.05. The van der Waals surface area contributed by atoms with E-state index in [1.165, 1.54) is 0 Å². The van der Waals surface area contributed by atoms with Gasteiger partial charge in [0.25, 0.3) is 0 Å². The fourth-order valence-electron chi connectivity index (χ4n) is 1.27. The summed E-state index contributed by atoms with van der Waals surface area (Å²) in [6.45, 7) is 0. The van der Waals surface area contributed by atoms with Crippen molar-refractivity contribution < 1.29 is 0 Å². The number of aromatic nitrogens is 4. The van der Waals surface area contributed by atoms with Gasteiger partial charge >= 0.3 is 0 Å². The maximum atomic E-state index is 5.57. The first-order valence-corrected chi connectivity index (χ1v) is 4.76. The van der Waals surface area contributed by atoms with Crippen molar-refractivity contribution in [2.45, 2.75) is 0 Å². The summed E-state index contributed by atoms with van der Waals surface area (Å²) in [4.78, 5) is 8.04. The van der Waals surface area contributed by atoms with Crippen molar-refractivity contribution in [3.8, 4) is 0 Å². The zero-order valence-corrected chi connectivity index (χ0v) is 9.10. The van der Waals surface area contributed by atoms with E-state index in [0.717, 1.165) is 0 Å². The van der Waals surface area contributed by atoms with Gasteiger partial charge in [0.15, 0.2) is 5.82 Å². The monoisotopic (exact) mass is 219 g/mol. The molecule has 0 unspecified atom stereocenters. The number of hydrogen-bond acceptors (Lipinski definition) is 6. The third kappa shape index (κ3) is 2.19. The van der Waals surface area contributed by atoms with Crippen molar-refractivity contribution in [2.75, 3.05) is 23.4 Å². The Bertz CT molecular complexity index is 490. The maximum Gasteiger partial charge on any atom is 0.223 e. The van der Waals surface area contributed by atoms with Crippen LogP contribution in [0.2, 0.25) is 0 Å². The van der Waals surface area contributed by atoms with Gasteiger partial charge in [-0.05, 0) is 0 Å². The lowest BCUT2D eigenvalue weighted by molar-refractivity contribution is 0.771. The van der Waals surface area contributed by atoms with Gasteiger partial charge in [-0.25, -0.2) is 0 Å². The van der Waals surface area contributed by atoms with E-state index < -0.39 is 0 Å². The fourth-order valence-corrected chi connectivity index (χ4v) is 1.27. The van der Waals surface area contributed by atoms with E-state index in [1.807, 2.05) is 19.3 Å². The quantitative estimate of drug-likeness (QED) is 0.699. The molecule has 0 aliphatic carbocycles. The van der Waals surface area contributed by atoms with Crippen LogP contribution in [0, 0.1) is 0 Å². The number of aryl methyl sites for hydroxylation is 1. The van der Waals surface area contributed by atoms with Crippen LogP contribution in [-0.2, 0) is 7.05 Å². The summed E-state index contributed by atoms with van der Waals surface area (Å²) in [5.74, 6) is 2.19. The van der Waals surface area contributed by atoms with Crippen LogP contribution >= 0.6 is 0 Å². The van der Waals surface area contributed by atoms with Gasteiger partial charge in [-0.3, -0.25) is 4.68 Å². The van der Waals surface area contributed by atoms with E-state index in [4.69, 9.17) is 5.73 Å². The molecule has 0 saturated carbocycles. The highest BCUT2D eigenvalue weighted by molar-refractivity contribution is 5.57. The normalized spacial score (nSPS) is 10.1. The molecule has 0 aromatic carbocycles. The molecule has 2 rings (SSSR count). The number of rotatable bonds is 3. The van der Waals surface area contributed by atoms with Crippen molar-refractivity contribution in [3.63, 3.8) is 0 Å². The first-order chi connectivity index (χ1) is 7.67. The Balaban J connectivity index is 2.24. The topological polar surface area (TPSA) is 93.7 Å². The van der Waals surface area contributed by atoms with Crippen LogP contribution in [0.4, 0.5) is 23.4 Å². The first kappa shape index (κ1) is 10.2. The zero-order chi connectivity index (χ0) is 11.5. The lowest BCUT2D eigenvalue weighted by Crippen LogP contribution is -2.03. The minimum Gasteiger partial charge on any atom is -0.373 e. The Kier molecular flexibility index (Phi) is 2.59. The molecule has 2 aromatic rings. The van der Waals surface area contributed by atoms with Crippen molar-refractivity contribution in [3.05, 3.63) is 18.3 Å². The predicted octanol–water partition coefficient (Wildman–Crippen LogP) is 0.578. The third-order valence-electron chi connectivity index (χ3n) is 1.97. The molecule has 7 heteroatoms. The summed E-state index contributed by atoms with van der Waals surface area (Å²) in [6, 6.07) is 3.60. The summed E-state index contributed by atoms with van der Waals surface area (Å²) in [5.41, 5.74) is 5.57. The molecular weight excluding hydrogens is 206 g/mol. The lowest BCUT2D eigenvalue weighted by Gasteiger charge is -2.05. The highest BCUT2D eigenvalue weighted by atomic mass is 15.3. The average molecular weight is 219 g/mol. The summed E-state index contributed by atoms with van der Waals surface area (Å²) in [5, 5.41) is 10.1. The van der Waals surface area contributed by atoms with Crippen LogP contribution < -0.4 is 16.4 Å². The minimum atomic E-state index is 0.213. The van der Waals surface area contributed by atoms with E-state index in [2.05, 4.69) is 25.7 Å².